The minimum atomic E-state index is -0.367. The summed E-state index contributed by atoms with van der Waals surface area (Å²) < 4.78 is 6.64. The van der Waals surface area contributed by atoms with E-state index in [0.29, 0.717) is 29.2 Å². The summed E-state index contributed by atoms with van der Waals surface area (Å²) in [5.41, 5.74) is 2.61. The van der Waals surface area contributed by atoms with E-state index in [9.17, 15) is 9.59 Å². The van der Waals surface area contributed by atoms with Gasteiger partial charge in [-0.05, 0) is 73.6 Å². The molecule has 0 bridgehead atoms. The molecule has 1 atom stereocenters. The molecule has 3 rings (SSSR count). The molecule has 0 aliphatic rings. The maximum atomic E-state index is 12.9. The van der Waals surface area contributed by atoms with Gasteiger partial charge >= 0.3 is 0 Å². The van der Waals surface area contributed by atoms with Gasteiger partial charge in [0.05, 0.1) is 18.2 Å². The summed E-state index contributed by atoms with van der Waals surface area (Å²) >= 11 is 8.76. The molecular weight excluding hydrogens is 550 g/mol. The molecule has 8 heteroatoms. The number of ether oxygens (including phenoxy) is 1. The quantitative estimate of drug-likeness (QED) is 0.167. The lowest BCUT2D eigenvalue weighted by Crippen LogP contribution is -2.34. The highest BCUT2D eigenvalue weighted by atomic mass is 79.9. The average Bonchev–Trinajstić information content (AvgIpc) is 2.90. The fourth-order valence-electron chi connectivity index (χ4n) is 3.66. The van der Waals surface area contributed by atoms with Crippen LogP contribution in [0.4, 0.5) is 5.69 Å². The molecule has 0 saturated carbocycles. The first-order valence-corrected chi connectivity index (χ1v) is 13.6. The third kappa shape index (κ3) is 8.98. The van der Waals surface area contributed by atoms with Crippen LogP contribution >= 0.6 is 28.1 Å². The zero-order valence-electron chi connectivity index (χ0n) is 21.1. The van der Waals surface area contributed by atoms with Crippen molar-refractivity contribution in [2.45, 2.75) is 45.6 Å². The molecule has 0 saturated heterocycles. The van der Waals surface area contributed by atoms with Gasteiger partial charge in [0.15, 0.2) is 5.11 Å². The van der Waals surface area contributed by atoms with Crippen LogP contribution in [-0.2, 0) is 0 Å². The number of nitrogens with one attached hydrogen (secondary N) is 3. The fraction of sp³-hybridized carbons (Fsp3) is 0.276. The molecule has 0 fully saturated rings. The van der Waals surface area contributed by atoms with Crippen molar-refractivity contribution >= 4 is 50.8 Å². The van der Waals surface area contributed by atoms with E-state index in [0.717, 1.165) is 35.7 Å². The number of unbranched alkanes of at least 4 members (excludes halogenated alkanes) is 3. The Morgan fingerprint density at radius 2 is 1.68 bits per heavy atom. The molecule has 0 aliphatic carbocycles. The summed E-state index contributed by atoms with van der Waals surface area (Å²) in [4.78, 5) is 25.5. The van der Waals surface area contributed by atoms with Crippen LogP contribution in [-0.4, -0.2) is 23.5 Å². The van der Waals surface area contributed by atoms with Gasteiger partial charge in [0, 0.05) is 15.7 Å². The Hall–Kier alpha value is -3.23. The molecule has 3 aromatic rings. The predicted octanol–water partition coefficient (Wildman–Crippen LogP) is 7.03. The molecule has 0 heterocycles. The predicted molar refractivity (Wildman–Crippen MR) is 156 cm³/mol. The van der Waals surface area contributed by atoms with Crippen molar-refractivity contribution in [3.05, 3.63) is 94.0 Å². The third-order valence-electron chi connectivity index (χ3n) is 5.72. The zero-order valence-corrected chi connectivity index (χ0v) is 23.5. The van der Waals surface area contributed by atoms with E-state index in [-0.39, 0.29) is 23.0 Å². The number of halogens is 1. The first-order chi connectivity index (χ1) is 17.9. The zero-order chi connectivity index (χ0) is 26.6. The first kappa shape index (κ1) is 28.3. The van der Waals surface area contributed by atoms with Crippen LogP contribution in [0.3, 0.4) is 0 Å². The van der Waals surface area contributed by atoms with Crippen LogP contribution < -0.4 is 20.7 Å². The number of benzene rings is 3. The summed E-state index contributed by atoms with van der Waals surface area (Å²) in [7, 11) is 0. The second kappa shape index (κ2) is 14.5. The monoisotopic (exact) mass is 581 g/mol. The van der Waals surface area contributed by atoms with Crippen LogP contribution in [0.2, 0.25) is 0 Å². The van der Waals surface area contributed by atoms with Crippen LogP contribution in [0, 0.1) is 0 Å². The minimum absolute atomic E-state index is 0.113. The average molecular weight is 583 g/mol. The van der Waals surface area contributed by atoms with Crippen LogP contribution in [0.5, 0.6) is 5.75 Å². The van der Waals surface area contributed by atoms with E-state index in [1.807, 2.05) is 43.3 Å². The van der Waals surface area contributed by atoms with Crippen molar-refractivity contribution in [3.8, 4) is 5.75 Å². The maximum Gasteiger partial charge on any atom is 0.261 e. The first-order valence-electron chi connectivity index (χ1n) is 12.4. The smallest absolute Gasteiger partial charge is 0.261 e. The highest BCUT2D eigenvalue weighted by Crippen LogP contribution is 2.24. The summed E-state index contributed by atoms with van der Waals surface area (Å²) in [5.74, 6) is -0.0241. The van der Waals surface area contributed by atoms with E-state index >= 15 is 0 Å². The van der Waals surface area contributed by atoms with Gasteiger partial charge in [0.25, 0.3) is 11.8 Å². The minimum Gasteiger partial charge on any atom is -0.493 e. The lowest BCUT2D eigenvalue weighted by Gasteiger charge is -2.15. The number of rotatable bonds is 11. The van der Waals surface area contributed by atoms with E-state index in [4.69, 9.17) is 17.0 Å². The van der Waals surface area contributed by atoms with Crippen molar-refractivity contribution in [1.82, 2.24) is 10.6 Å². The number of carbonyl (C=O) groups excluding carboxylic acids is 2. The van der Waals surface area contributed by atoms with E-state index < -0.39 is 0 Å². The molecular formula is C29H32BrN3O3S. The highest BCUT2D eigenvalue weighted by molar-refractivity contribution is 9.10. The molecule has 6 nitrogen and oxygen atoms in total. The highest BCUT2D eigenvalue weighted by Gasteiger charge is 2.16. The molecule has 0 radical (unpaired) electrons. The molecule has 3 N–H and O–H groups in total. The Balaban J connectivity index is 1.55. The molecule has 3 aromatic carbocycles. The third-order valence-corrected chi connectivity index (χ3v) is 6.42. The van der Waals surface area contributed by atoms with Gasteiger partial charge in [-0.25, -0.2) is 0 Å². The van der Waals surface area contributed by atoms with Crippen LogP contribution in [0.15, 0.2) is 77.3 Å². The van der Waals surface area contributed by atoms with Gasteiger partial charge in [-0.3, -0.25) is 14.9 Å². The van der Waals surface area contributed by atoms with E-state index in [1.165, 1.54) is 0 Å². The fourth-order valence-corrected chi connectivity index (χ4v) is 4.23. The number of thiocarbonyl (C=S) groups is 1. The van der Waals surface area contributed by atoms with Gasteiger partial charge in [-0.2, -0.15) is 0 Å². The molecule has 2 amide bonds. The Bertz CT molecular complexity index is 1200. The molecule has 0 aliphatic heterocycles. The summed E-state index contributed by atoms with van der Waals surface area (Å²) in [6.07, 6.45) is 4.34. The van der Waals surface area contributed by atoms with Gasteiger partial charge in [0.1, 0.15) is 5.75 Å². The Labute approximate surface area is 232 Å². The van der Waals surface area contributed by atoms with Crippen LogP contribution in [0.1, 0.15) is 71.9 Å². The SMILES string of the molecule is CCCCCCOc1ccc(Br)cc1C(=O)NC(=S)Nc1ccc(C(=O)NC(C)c2ccccc2)cc1. The molecule has 0 spiro atoms. The molecule has 1 unspecified atom stereocenters. The van der Waals surface area contributed by atoms with Gasteiger partial charge in [-0.15, -0.1) is 0 Å². The Kier molecular flexibility index (Phi) is 11.1. The lowest BCUT2D eigenvalue weighted by atomic mass is 10.1. The summed E-state index contributed by atoms with van der Waals surface area (Å²) in [6, 6.07) is 21.9. The summed E-state index contributed by atoms with van der Waals surface area (Å²) in [6.45, 7) is 4.65. The van der Waals surface area contributed by atoms with Crippen molar-refractivity contribution in [1.29, 1.82) is 0 Å². The van der Waals surface area contributed by atoms with Gasteiger partial charge in [-0.1, -0.05) is 72.4 Å². The Morgan fingerprint density at radius 1 is 0.946 bits per heavy atom. The number of hydrogen-bond donors (Lipinski definition) is 3. The topological polar surface area (TPSA) is 79.5 Å². The molecule has 194 valence electrons. The second-order valence-corrected chi connectivity index (χ2v) is 9.96. The Morgan fingerprint density at radius 3 is 2.38 bits per heavy atom. The molecule has 37 heavy (non-hydrogen) atoms. The van der Waals surface area contributed by atoms with Gasteiger partial charge < -0.3 is 15.4 Å². The standard InChI is InChI=1S/C29H32BrN3O3S/c1-3-4-5-9-18-36-26-17-14-23(30)19-25(26)28(35)33-29(37)32-24-15-12-22(13-16-24)27(34)31-20(2)21-10-7-6-8-11-21/h6-8,10-17,19-20H,3-5,9,18H2,1-2H3,(H,31,34)(H2,32,33,35,37). The van der Waals surface area contributed by atoms with Crippen molar-refractivity contribution in [3.63, 3.8) is 0 Å². The lowest BCUT2D eigenvalue weighted by molar-refractivity contribution is 0.0938. The molecule has 0 aromatic heterocycles. The van der Waals surface area contributed by atoms with E-state index in [2.05, 4.69) is 38.8 Å². The number of amides is 2. The normalized spacial score (nSPS) is 11.3. The van der Waals surface area contributed by atoms with Crippen molar-refractivity contribution in [2.24, 2.45) is 0 Å². The maximum absolute atomic E-state index is 12.9. The largest absolute Gasteiger partial charge is 0.493 e. The van der Waals surface area contributed by atoms with Crippen molar-refractivity contribution < 1.29 is 14.3 Å². The number of anilines is 1. The number of hydrogen-bond acceptors (Lipinski definition) is 4. The van der Waals surface area contributed by atoms with Crippen molar-refractivity contribution in [2.75, 3.05) is 11.9 Å². The van der Waals surface area contributed by atoms with Crippen LogP contribution in [0.25, 0.3) is 0 Å². The summed E-state index contributed by atoms with van der Waals surface area (Å²) in [5, 5.41) is 8.84. The van der Waals surface area contributed by atoms with E-state index in [1.54, 1.807) is 36.4 Å². The van der Waals surface area contributed by atoms with Gasteiger partial charge in [0.2, 0.25) is 0 Å². The number of carbonyl (C=O) groups is 2. The second-order valence-electron chi connectivity index (χ2n) is 8.64.